The summed E-state index contributed by atoms with van der Waals surface area (Å²) >= 11 is 5.95. The third kappa shape index (κ3) is 2.70. The van der Waals surface area contributed by atoms with Crippen LogP contribution in [-0.2, 0) is 16.1 Å². The van der Waals surface area contributed by atoms with Crippen LogP contribution in [0.4, 0.5) is 0 Å². The number of nitrogens with zero attached hydrogens (tertiary/aromatic N) is 3. The maximum absolute atomic E-state index is 12.3. The molecule has 0 saturated heterocycles. The summed E-state index contributed by atoms with van der Waals surface area (Å²) in [7, 11) is 0. The molecule has 0 atom stereocenters. The average molecular weight is 298 g/mol. The van der Waals surface area contributed by atoms with E-state index in [4.69, 9.17) is 16.3 Å². The van der Waals surface area contributed by atoms with E-state index in [0.717, 1.165) is 4.68 Å². The molecule has 0 fully saturated rings. The van der Waals surface area contributed by atoms with E-state index in [9.17, 15) is 9.59 Å². The SMILES string of the molecule is CCOC(=O)Cn1nc(C(C)C)n2cc(Cl)cc2c1=O. The van der Waals surface area contributed by atoms with Crippen molar-refractivity contribution in [3.8, 4) is 0 Å². The monoisotopic (exact) mass is 297 g/mol. The molecule has 0 aliphatic carbocycles. The van der Waals surface area contributed by atoms with E-state index in [1.54, 1.807) is 23.6 Å². The van der Waals surface area contributed by atoms with Crippen molar-refractivity contribution in [2.75, 3.05) is 6.61 Å². The minimum Gasteiger partial charge on any atom is -0.465 e. The molecule has 2 rings (SSSR count). The highest BCUT2D eigenvalue weighted by atomic mass is 35.5. The quantitative estimate of drug-likeness (QED) is 0.808. The third-order valence-corrected chi connectivity index (χ3v) is 3.02. The Labute approximate surface area is 120 Å². The molecular weight excluding hydrogens is 282 g/mol. The number of ether oxygens (including phenoxy) is 1. The lowest BCUT2D eigenvalue weighted by molar-refractivity contribution is -0.144. The number of aromatic nitrogens is 3. The number of fused-ring (bicyclic) bond motifs is 1. The van der Waals surface area contributed by atoms with Crippen molar-refractivity contribution >= 4 is 23.1 Å². The molecule has 0 amide bonds. The molecular formula is C13H16ClN3O3. The van der Waals surface area contributed by atoms with Gasteiger partial charge < -0.3 is 4.74 Å². The van der Waals surface area contributed by atoms with Crippen molar-refractivity contribution in [3.05, 3.63) is 33.5 Å². The van der Waals surface area contributed by atoms with Crippen molar-refractivity contribution in [2.45, 2.75) is 33.2 Å². The zero-order chi connectivity index (χ0) is 14.9. The van der Waals surface area contributed by atoms with E-state index < -0.39 is 5.97 Å². The summed E-state index contributed by atoms with van der Waals surface area (Å²) in [5.74, 6) is 0.254. The normalized spacial score (nSPS) is 11.2. The Kier molecular flexibility index (Phi) is 4.13. The first-order valence-electron chi connectivity index (χ1n) is 6.38. The van der Waals surface area contributed by atoms with Crippen molar-refractivity contribution in [1.82, 2.24) is 14.2 Å². The molecule has 2 aromatic rings. The minimum atomic E-state index is -0.487. The third-order valence-electron chi connectivity index (χ3n) is 2.81. The van der Waals surface area contributed by atoms with Gasteiger partial charge in [0.2, 0.25) is 0 Å². The maximum atomic E-state index is 12.3. The number of esters is 1. The first-order chi connectivity index (χ1) is 9.43. The van der Waals surface area contributed by atoms with E-state index in [1.165, 1.54) is 0 Å². The predicted octanol–water partition coefficient (Wildman–Crippen LogP) is 1.84. The second-order valence-electron chi connectivity index (χ2n) is 4.69. The topological polar surface area (TPSA) is 65.6 Å². The van der Waals surface area contributed by atoms with Crippen LogP contribution >= 0.6 is 11.6 Å². The first kappa shape index (κ1) is 14.6. The van der Waals surface area contributed by atoms with Crippen LogP contribution in [0.25, 0.3) is 5.52 Å². The van der Waals surface area contributed by atoms with Gasteiger partial charge in [-0.15, -0.1) is 0 Å². The summed E-state index contributed by atoms with van der Waals surface area (Å²) in [5.41, 5.74) is 0.0346. The lowest BCUT2D eigenvalue weighted by Crippen LogP contribution is -2.30. The summed E-state index contributed by atoms with van der Waals surface area (Å²) in [6.07, 6.45) is 1.65. The lowest BCUT2D eigenvalue weighted by Gasteiger charge is -2.12. The number of halogens is 1. The van der Waals surface area contributed by atoms with Crippen molar-refractivity contribution in [3.63, 3.8) is 0 Å². The molecule has 0 aliphatic rings. The van der Waals surface area contributed by atoms with Crippen molar-refractivity contribution in [2.24, 2.45) is 0 Å². The molecule has 0 bridgehead atoms. The number of rotatable bonds is 4. The summed E-state index contributed by atoms with van der Waals surface area (Å²) in [5, 5.41) is 4.70. The number of hydrogen-bond donors (Lipinski definition) is 0. The van der Waals surface area contributed by atoms with E-state index in [1.807, 2.05) is 13.8 Å². The molecule has 0 aliphatic heterocycles. The summed E-state index contributed by atoms with van der Waals surface area (Å²) in [6, 6.07) is 1.57. The first-order valence-corrected chi connectivity index (χ1v) is 6.76. The molecule has 108 valence electrons. The molecule has 6 nitrogen and oxygen atoms in total. The van der Waals surface area contributed by atoms with E-state index in [2.05, 4.69) is 5.10 Å². The van der Waals surface area contributed by atoms with Gasteiger partial charge in [0.05, 0.1) is 11.6 Å². The van der Waals surface area contributed by atoms with Crippen LogP contribution in [0.1, 0.15) is 32.5 Å². The largest absolute Gasteiger partial charge is 0.465 e. The van der Waals surface area contributed by atoms with Gasteiger partial charge in [0.15, 0.2) is 0 Å². The second kappa shape index (κ2) is 5.66. The van der Waals surface area contributed by atoms with E-state index >= 15 is 0 Å². The van der Waals surface area contributed by atoms with Crippen LogP contribution in [0.3, 0.4) is 0 Å². The Morgan fingerprint density at radius 2 is 2.20 bits per heavy atom. The Morgan fingerprint density at radius 3 is 2.80 bits per heavy atom. The van der Waals surface area contributed by atoms with Crippen LogP contribution in [0.2, 0.25) is 5.02 Å². The smallest absolute Gasteiger partial charge is 0.327 e. The minimum absolute atomic E-state index is 0.0787. The Hall–Kier alpha value is -1.82. The van der Waals surface area contributed by atoms with Gasteiger partial charge in [-0.2, -0.15) is 5.10 Å². The Bertz CT molecular complexity index is 703. The fraction of sp³-hybridized carbons (Fsp3) is 0.462. The fourth-order valence-electron chi connectivity index (χ4n) is 1.96. The van der Waals surface area contributed by atoms with Gasteiger partial charge in [-0.05, 0) is 13.0 Å². The second-order valence-corrected chi connectivity index (χ2v) is 5.13. The van der Waals surface area contributed by atoms with E-state index in [0.29, 0.717) is 16.4 Å². The number of hydrogen-bond acceptors (Lipinski definition) is 4. The summed E-state index contributed by atoms with van der Waals surface area (Å²) in [4.78, 5) is 23.8. The average Bonchev–Trinajstić information content (AvgIpc) is 2.74. The Balaban J connectivity index is 2.58. The van der Waals surface area contributed by atoms with Crippen LogP contribution < -0.4 is 5.56 Å². The lowest BCUT2D eigenvalue weighted by atomic mass is 10.2. The highest BCUT2D eigenvalue weighted by molar-refractivity contribution is 6.31. The van der Waals surface area contributed by atoms with Gasteiger partial charge in [-0.3, -0.25) is 14.0 Å². The molecule has 0 unspecified atom stereocenters. The Morgan fingerprint density at radius 1 is 1.50 bits per heavy atom. The van der Waals surface area contributed by atoms with Gasteiger partial charge in [0, 0.05) is 12.1 Å². The molecule has 0 spiro atoms. The maximum Gasteiger partial charge on any atom is 0.327 e. The molecule has 2 aromatic heterocycles. The molecule has 0 N–H and O–H groups in total. The molecule has 0 aromatic carbocycles. The molecule has 20 heavy (non-hydrogen) atoms. The molecule has 0 radical (unpaired) electrons. The summed E-state index contributed by atoms with van der Waals surface area (Å²) < 4.78 is 7.63. The molecule has 0 saturated carbocycles. The number of carbonyl (C=O) groups is 1. The van der Waals surface area contributed by atoms with E-state index in [-0.39, 0.29) is 24.6 Å². The van der Waals surface area contributed by atoms with Gasteiger partial charge in [0.1, 0.15) is 17.9 Å². The van der Waals surface area contributed by atoms with Crippen molar-refractivity contribution < 1.29 is 9.53 Å². The fourth-order valence-corrected chi connectivity index (χ4v) is 2.16. The predicted molar refractivity (Wildman–Crippen MR) is 75.2 cm³/mol. The summed E-state index contributed by atoms with van der Waals surface area (Å²) in [6.45, 7) is 5.68. The van der Waals surface area contributed by atoms with Crippen molar-refractivity contribution in [1.29, 1.82) is 0 Å². The van der Waals surface area contributed by atoms with Crippen LogP contribution in [0.15, 0.2) is 17.1 Å². The van der Waals surface area contributed by atoms with Gasteiger partial charge >= 0.3 is 5.97 Å². The zero-order valence-electron chi connectivity index (χ0n) is 11.6. The zero-order valence-corrected chi connectivity index (χ0v) is 12.3. The van der Waals surface area contributed by atoms with Crippen LogP contribution in [0.5, 0.6) is 0 Å². The van der Waals surface area contributed by atoms with Crippen LogP contribution in [0, 0.1) is 0 Å². The van der Waals surface area contributed by atoms with Gasteiger partial charge in [0.25, 0.3) is 5.56 Å². The standard InChI is InChI=1S/C13H16ClN3O3/c1-4-20-11(18)7-17-13(19)10-5-9(14)6-16(10)12(15-17)8(2)3/h5-6,8H,4,7H2,1-3H3. The van der Waals surface area contributed by atoms with Gasteiger partial charge in [-0.1, -0.05) is 25.4 Å². The van der Waals surface area contributed by atoms with Gasteiger partial charge in [-0.25, -0.2) is 4.68 Å². The molecule has 2 heterocycles. The number of carbonyl (C=O) groups excluding carboxylic acids is 1. The molecule has 7 heteroatoms. The highest BCUT2D eigenvalue weighted by Gasteiger charge is 2.16. The highest BCUT2D eigenvalue weighted by Crippen LogP contribution is 2.17. The van der Waals surface area contributed by atoms with Crippen LogP contribution in [-0.4, -0.2) is 26.8 Å².